The molecule has 0 aromatic carbocycles. The van der Waals surface area contributed by atoms with Crippen molar-refractivity contribution in [3.8, 4) is 0 Å². The van der Waals surface area contributed by atoms with Gasteiger partial charge in [-0.3, -0.25) is 0 Å². The van der Waals surface area contributed by atoms with Gasteiger partial charge in [0.05, 0.1) is 24.2 Å². The minimum atomic E-state index is 0.0691. The number of nitrogens with two attached hydrogens (primary N) is 3. The Morgan fingerprint density at radius 2 is 1.58 bits per heavy atom. The fourth-order valence-electron chi connectivity index (χ4n) is 3.12. The molecule has 4 rings (SSSR count). The van der Waals surface area contributed by atoms with Gasteiger partial charge in [-0.2, -0.15) is 29.9 Å². The number of thiophene rings is 1. The molecule has 0 aliphatic rings. The Morgan fingerprint density at radius 1 is 0.909 bits per heavy atom. The van der Waals surface area contributed by atoms with Crippen LogP contribution in [0.1, 0.15) is 15.3 Å². The van der Waals surface area contributed by atoms with E-state index in [2.05, 4.69) is 35.2 Å². The van der Waals surface area contributed by atoms with Crippen molar-refractivity contribution < 1.29 is 4.42 Å². The van der Waals surface area contributed by atoms with Crippen LogP contribution in [0.15, 0.2) is 23.0 Å². The number of nitrogen functional groups attached to an aromatic ring is 3. The molecule has 14 heteroatoms. The Bertz CT molecular complexity index is 1270. The number of nitrogens with one attached hydrogen (secondary N) is 1. The molecule has 0 saturated heterocycles. The summed E-state index contributed by atoms with van der Waals surface area (Å²) in [5.41, 5.74) is 20.0. The summed E-state index contributed by atoms with van der Waals surface area (Å²) in [5, 5.41) is 3.10. The third kappa shape index (κ3) is 4.85. The highest BCUT2D eigenvalue weighted by Crippen LogP contribution is 2.33. The number of aryl methyl sites for hydroxylation is 2. The molecule has 4 heterocycles. The molecule has 7 N–H and O–H groups in total. The molecule has 0 atom stereocenters. The van der Waals surface area contributed by atoms with Crippen LogP contribution >= 0.6 is 11.3 Å². The van der Waals surface area contributed by atoms with Crippen molar-refractivity contribution in [2.24, 2.45) is 0 Å². The maximum atomic E-state index is 5.92. The molecular formula is C19H24N12OS. The van der Waals surface area contributed by atoms with E-state index in [0.717, 1.165) is 26.7 Å². The number of rotatable bonds is 7. The molecule has 0 amide bonds. The number of nitrogens with zero attached hydrogens (tertiary/aromatic N) is 8. The molecule has 172 valence electrons. The normalized spacial score (nSPS) is 10.9. The van der Waals surface area contributed by atoms with Gasteiger partial charge in [-0.15, -0.1) is 11.3 Å². The number of hydrogen-bond donors (Lipinski definition) is 4. The van der Waals surface area contributed by atoms with Gasteiger partial charge in [0.15, 0.2) is 0 Å². The molecule has 13 nitrogen and oxygen atoms in total. The lowest BCUT2D eigenvalue weighted by molar-refractivity contribution is 0.566. The summed E-state index contributed by atoms with van der Waals surface area (Å²) in [5.74, 6) is 1.39. The van der Waals surface area contributed by atoms with Crippen molar-refractivity contribution in [3.05, 3.63) is 33.9 Å². The van der Waals surface area contributed by atoms with E-state index in [1.54, 1.807) is 23.9 Å². The summed E-state index contributed by atoms with van der Waals surface area (Å²) < 4.78 is 5.18. The Morgan fingerprint density at radius 3 is 2.24 bits per heavy atom. The highest BCUT2D eigenvalue weighted by atomic mass is 32.1. The first-order valence-electron chi connectivity index (χ1n) is 9.82. The van der Waals surface area contributed by atoms with Crippen molar-refractivity contribution in [1.82, 2.24) is 29.9 Å². The lowest BCUT2D eigenvalue weighted by Crippen LogP contribution is -2.20. The van der Waals surface area contributed by atoms with Crippen LogP contribution in [0, 0.1) is 13.8 Å². The molecule has 0 aliphatic carbocycles. The third-order valence-corrected chi connectivity index (χ3v) is 5.76. The first kappa shape index (κ1) is 22.0. The van der Waals surface area contributed by atoms with E-state index in [-0.39, 0.29) is 17.8 Å². The molecule has 0 bridgehead atoms. The molecule has 0 radical (unpaired) electrons. The molecular weight excluding hydrogens is 444 g/mol. The van der Waals surface area contributed by atoms with Gasteiger partial charge < -0.3 is 36.7 Å². The standard InChI is InChI=1S/C19H24N12OS/c1-9-7-32-8-12(9)23-17-25-16(22)26-18(29-17)30(3)6-11-5-13(10(2)33-11)31(4)19-27-14(20)24-15(21)28-19/h5,7-8H,6H2,1-4H3,(H4,20,21,24,27,28)(H3,22,23,25,26,29). The second-order valence-electron chi connectivity index (χ2n) is 7.33. The fraction of sp³-hybridized carbons (Fsp3) is 0.263. The van der Waals surface area contributed by atoms with Crippen LogP contribution in [-0.4, -0.2) is 44.0 Å². The molecule has 0 saturated carbocycles. The summed E-state index contributed by atoms with van der Waals surface area (Å²) >= 11 is 1.64. The van der Waals surface area contributed by atoms with Gasteiger partial charge in [-0.1, -0.05) is 0 Å². The second kappa shape index (κ2) is 8.74. The monoisotopic (exact) mass is 468 g/mol. The van der Waals surface area contributed by atoms with E-state index in [9.17, 15) is 0 Å². The van der Waals surface area contributed by atoms with E-state index in [0.29, 0.717) is 24.4 Å². The minimum Gasteiger partial charge on any atom is -0.470 e. The molecule has 0 aliphatic heterocycles. The van der Waals surface area contributed by atoms with Crippen LogP contribution in [0.2, 0.25) is 0 Å². The van der Waals surface area contributed by atoms with Gasteiger partial charge in [0.1, 0.15) is 6.26 Å². The predicted molar refractivity (Wildman–Crippen MR) is 129 cm³/mol. The summed E-state index contributed by atoms with van der Waals surface area (Å²) in [4.78, 5) is 30.9. The SMILES string of the molecule is Cc1cocc1Nc1nc(N)nc(N(C)Cc2cc(N(C)c3nc(N)nc(N)n3)c(C)s2)n1. The zero-order valence-corrected chi connectivity index (χ0v) is 19.4. The number of aromatic nitrogens is 6. The van der Waals surface area contributed by atoms with E-state index in [1.807, 2.05) is 43.8 Å². The van der Waals surface area contributed by atoms with Crippen molar-refractivity contribution in [2.45, 2.75) is 20.4 Å². The van der Waals surface area contributed by atoms with Crippen LogP contribution in [0.25, 0.3) is 0 Å². The Labute approximate surface area is 193 Å². The number of furan rings is 1. The summed E-state index contributed by atoms with van der Waals surface area (Å²) in [7, 11) is 3.73. The smallest absolute Gasteiger partial charge is 0.236 e. The molecule has 4 aromatic rings. The lowest BCUT2D eigenvalue weighted by Gasteiger charge is -2.18. The van der Waals surface area contributed by atoms with Crippen molar-refractivity contribution in [2.75, 3.05) is 46.4 Å². The van der Waals surface area contributed by atoms with Crippen LogP contribution in [0.3, 0.4) is 0 Å². The number of hydrogen-bond acceptors (Lipinski definition) is 14. The summed E-state index contributed by atoms with van der Waals surface area (Å²) in [6.45, 7) is 4.48. The second-order valence-corrected chi connectivity index (χ2v) is 8.67. The Balaban J connectivity index is 1.53. The highest BCUT2D eigenvalue weighted by molar-refractivity contribution is 7.12. The third-order valence-electron chi connectivity index (χ3n) is 4.74. The van der Waals surface area contributed by atoms with E-state index < -0.39 is 0 Å². The topological polar surface area (TPSA) is 187 Å². The molecule has 0 spiro atoms. The van der Waals surface area contributed by atoms with Gasteiger partial charge in [-0.05, 0) is 19.9 Å². The first-order chi connectivity index (χ1) is 15.7. The average Bonchev–Trinajstić information content (AvgIpc) is 3.31. The largest absolute Gasteiger partial charge is 0.470 e. The van der Waals surface area contributed by atoms with Gasteiger partial charge in [-0.25, -0.2) is 0 Å². The average molecular weight is 469 g/mol. The lowest BCUT2D eigenvalue weighted by atomic mass is 10.3. The summed E-state index contributed by atoms with van der Waals surface area (Å²) in [6, 6.07) is 2.05. The Kier molecular flexibility index (Phi) is 5.83. The highest BCUT2D eigenvalue weighted by Gasteiger charge is 2.17. The molecule has 0 unspecified atom stereocenters. The Hall–Kier alpha value is -4.20. The van der Waals surface area contributed by atoms with E-state index in [4.69, 9.17) is 21.6 Å². The predicted octanol–water partition coefficient (Wildman–Crippen LogP) is 2.22. The molecule has 33 heavy (non-hydrogen) atoms. The first-order valence-corrected chi connectivity index (χ1v) is 10.6. The van der Waals surface area contributed by atoms with Gasteiger partial charge in [0, 0.05) is 29.4 Å². The van der Waals surface area contributed by atoms with Crippen LogP contribution in [0.5, 0.6) is 0 Å². The van der Waals surface area contributed by atoms with Crippen LogP contribution < -0.4 is 32.3 Å². The van der Waals surface area contributed by atoms with Crippen molar-refractivity contribution >= 4 is 58.4 Å². The fourth-order valence-corrected chi connectivity index (χ4v) is 4.24. The van der Waals surface area contributed by atoms with Crippen molar-refractivity contribution in [3.63, 3.8) is 0 Å². The summed E-state index contributed by atoms with van der Waals surface area (Å²) in [6.07, 6.45) is 3.21. The van der Waals surface area contributed by atoms with E-state index >= 15 is 0 Å². The maximum absolute atomic E-state index is 5.92. The van der Waals surface area contributed by atoms with Crippen LogP contribution in [-0.2, 0) is 6.54 Å². The van der Waals surface area contributed by atoms with Crippen molar-refractivity contribution in [1.29, 1.82) is 0 Å². The quantitative estimate of drug-likeness (QED) is 0.309. The molecule has 4 aromatic heterocycles. The zero-order valence-electron chi connectivity index (χ0n) is 18.6. The van der Waals surface area contributed by atoms with Gasteiger partial charge >= 0.3 is 0 Å². The van der Waals surface area contributed by atoms with Gasteiger partial charge in [0.25, 0.3) is 0 Å². The van der Waals surface area contributed by atoms with Gasteiger partial charge in [0.2, 0.25) is 35.7 Å². The molecule has 0 fully saturated rings. The number of anilines is 8. The van der Waals surface area contributed by atoms with Crippen LogP contribution in [0.4, 0.5) is 47.1 Å². The zero-order chi connectivity index (χ0) is 23.7. The minimum absolute atomic E-state index is 0.0691. The maximum Gasteiger partial charge on any atom is 0.236 e. The van der Waals surface area contributed by atoms with E-state index in [1.165, 1.54) is 0 Å².